The number of piperidine rings is 1. The van der Waals surface area contributed by atoms with Gasteiger partial charge in [-0.05, 0) is 55.2 Å². The molecule has 0 aromatic heterocycles. The minimum atomic E-state index is -0.639. The second kappa shape index (κ2) is 11.0. The number of benzene rings is 2. The van der Waals surface area contributed by atoms with Crippen molar-refractivity contribution in [2.75, 3.05) is 18.4 Å². The number of nitrogens with zero attached hydrogens (tertiary/aromatic N) is 1. The highest BCUT2D eigenvalue weighted by atomic mass is 35.5. The molecule has 3 N–H and O–H groups in total. The maximum absolute atomic E-state index is 12.9. The van der Waals surface area contributed by atoms with Crippen molar-refractivity contribution in [1.29, 1.82) is 0 Å². The molecule has 8 heteroatoms. The van der Waals surface area contributed by atoms with E-state index in [-0.39, 0.29) is 23.9 Å². The number of hydrogen-bond acceptors (Lipinski definition) is 3. The molecule has 32 heavy (non-hydrogen) atoms. The molecule has 7 nitrogen and oxygen atoms in total. The molecular weight excluding hydrogens is 428 g/mol. The van der Waals surface area contributed by atoms with Gasteiger partial charge in [0.15, 0.2) is 0 Å². The molecule has 0 saturated carbocycles. The Morgan fingerprint density at radius 1 is 1.06 bits per heavy atom. The maximum atomic E-state index is 12.9. The van der Waals surface area contributed by atoms with Crippen LogP contribution in [0.5, 0.6) is 0 Å². The van der Waals surface area contributed by atoms with E-state index in [1.165, 1.54) is 6.92 Å². The van der Waals surface area contributed by atoms with Gasteiger partial charge in [-0.2, -0.15) is 0 Å². The van der Waals surface area contributed by atoms with E-state index in [4.69, 9.17) is 11.6 Å². The summed E-state index contributed by atoms with van der Waals surface area (Å²) in [4.78, 5) is 38.8. The number of halogens is 1. The summed E-state index contributed by atoms with van der Waals surface area (Å²) in [6.07, 6.45) is 1.73. The van der Waals surface area contributed by atoms with Gasteiger partial charge in [-0.25, -0.2) is 4.79 Å². The molecule has 0 spiro atoms. The van der Waals surface area contributed by atoms with Crippen LogP contribution in [0.4, 0.5) is 10.5 Å². The zero-order valence-corrected chi connectivity index (χ0v) is 19.1. The predicted octanol–water partition coefficient (Wildman–Crippen LogP) is 3.51. The minimum absolute atomic E-state index is 0.0461. The van der Waals surface area contributed by atoms with E-state index in [1.807, 2.05) is 31.2 Å². The van der Waals surface area contributed by atoms with Gasteiger partial charge in [-0.3, -0.25) is 9.59 Å². The lowest BCUT2D eigenvalue weighted by Crippen LogP contribution is -2.53. The maximum Gasteiger partial charge on any atom is 0.321 e. The average molecular weight is 457 g/mol. The van der Waals surface area contributed by atoms with Crippen LogP contribution in [0.3, 0.4) is 0 Å². The highest BCUT2D eigenvalue weighted by molar-refractivity contribution is 6.30. The first-order valence-corrected chi connectivity index (χ1v) is 11.1. The molecule has 0 bridgehead atoms. The Hall–Kier alpha value is -3.06. The van der Waals surface area contributed by atoms with E-state index >= 15 is 0 Å². The molecule has 4 amide bonds. The fourth-order valence-corrected chi connectivity index (χ4v) is 3.90. The zero-order chi connectivity index (χ0) is 23.1. The Kier molecular flexibility index (Phi) is 8.11. The van der Waals surface area contributed by atoms with Gasteiger partial charge in [-0.15, -0.1) is 0 Å². The SMILES string of the molecule is CC(=O)N[C@@H](Cc1ccccc1C)C(=O)NC1CCN(C(=O)Nc2ccc(Cl)cc2)CC1. The monoisotopic (exact) mass is 456 g/mol. The summed E-state index contributed by atoms with van der Waals surface area (Å²) in [6.45, 7) is 4.47. The molecule has 1 atom stereocenters. The number of hydrogen-bond donors (Lipinski definition) is 3. The Morgan fingerprint density at radius 3 is 2.34 bits per heavy atom. The van der Waals surface area contributed by atoms with Crippen molar-refractivity contribution in [3.63, 3.8) is 0 Å². The smallest absolute Gasteiger partial charge is 0.321 e. The number of rotatable bonds is 6. The van der Waals surface area contributed by atoms with E-state index in [0.29, 0.717) is 43.1 Å². The fourth-order valence-electron chi connectivity index (χ4n) is 3.78. The summed E-state index contributed by atoms with van der Waals surface area (Å²) in [6, 6.07) is 13.9. The first-order chi connectivity index (χ1) is 15.3. The molecule has 0 aliphatic carbocycles. The summed E-state index contributed by atoms with van der Waals surface area (Å²) in [5.74, 6) is -0.444. The summed E-state index contributed by atoms with van der Waals surface area (Å²) in [5, 5.41) is 9.29. The number of nitrogens with one attached hydrogen (secondary N) is 3. The lowest BCUT2D eigenvalue weighted by atomic mass is 9.99. The number of aryl methyl sites for hydroxylation is 1. The Balaban J connectivity index is 1.52. The predicted molar refractivity (Wildman–Crippen MR) is 126 cm³/mol. The van der Waals surface area contributed by atoms with Crippen molar-refractivity contribution in [1.82, 2.24) is 15.5 Å². The second-order valence-electron chi connectivity index (χ2n) is 8.09. The van der Waals surface area contributed by atoms with Crippen LogP contribution >= 0.6 is 11.6 Å². The molecule has 0 unspecified atom stereocenters. The largest absolute Gasteiger partial charge is 0.351 e. The number of carbonyl (C=O) groups is 3. The van der Waals surface area contributed by atoms with Crippen LogP contribution in [0.25, 0.3) is 0 Å². The van der Waals surface area contributed by atoms with Crippen molar-refractivity contribution in [3.8, 4) is 0 Å². The average Bonchev–Trinajstić information content (AvgIpc) is 2.76. The van der Waals surface area contributed by atoms with Crippen molar-refractivity contribution in [2.24, 2.45) is 0 Å². The van der Waals surface area contributed by atoms with Crippen molar-refractivity contribution in [2.45, 2.75) is 45.2 Å². The summed E-state index contributed by atoms with van der Waals surface area (Å²) in [5.41, 5.74) is 2.79. The minimum Gasteiger partial charge on any atom is -0.351 e. The lowest BCUT2D eigenvalue weighted by molar-refractivity contribution is -0.128. The Labute approximate surface area is 193 Å². The van der Waals surface area contributed by atoms with Gasteiger partial charge in [0.1, 0.15) is 6.04 Å². The third kappa shape index (κ3) is 6.72. The summed E-state index contributed by atoms with van der Waals surface area (Å²) >= 11 is 5.88. The molecule has 0 radical (unpaired) electrons. The molecule has 1 heterocycles. The third-order valence-corrected chi connectivity index (χ3v) is 5.86. The van der Waals surface area contributed by atoms with E-state index in [1.54, 1.807) is 29.2 Å². The molecule has 1 aliphatic heterocycles. The topological polar surface area (TPSA) is 90.5 Å². The molecule has 3 rings (SSSR count). The molecular formula is C24H29ClN4O3. The normalized spacial score (nSPS) is 15.0. The van der Waals surface area contributed by atoms with E-state index < -0.39 is 6.04 Å². The Morgan fingerprint density at radius 2 is 1.72 bits per heavy atom. The van der Waals surface area contributed by atoms with Crippen LogP contribution in [0.1, 0.15) is 30.9 Å². The van der Waals surface area contributed by atoms with Crippen LogP contribution in [0.15, 0.2) is 48.5 Å². The van der Waals surface area contributed by atoms with Gasteiger partial charge in [0, 0.05) is 43.2 Å². The van der Waals surface area contributed by atoms with Crippen molar-refractivity contribution < 1.29 is 14.4 Å². The quantitative estimate of drug-likeness (QED) is 0.621. The number of likely N-dealkylation sites (tertiary alicyclic amines) is 1. The van der Waals surface area contributed by atoms with Gasteiger partial charge in [-0.1, -0.05) is 35.9 Å². The summed E-state index contributed by atoms with van der Waals surface area (Å²) < 4.78 is 0. The fraction of sp³-hybridized carbons (Fsp3) is 0.375. The van der Waals surface area contributed by atoms with Crippen LogP contribution in [-0.4, -0.2) is 47.9 Å². The number of urea groups is 1. The number of anilines is 1. The number of amides is 4. The van der Waals surface area contributed by atoms with Crippen LogP contribution in [0, 0.1) is 6.92 Å². The zero-order valence-electron chi connectivity index (χ0n) is 18.4. The highest BCUT2D eigenvalue weighted by Crippen LogP contribution is 2.17. The van der Waals surface area contributed by atoms with Crippen LogP contribution in [-0.2, 0) is 16.0 Å². The van der Waals surface area contributed by atoms with E-state index in [2.05, 4.69) is 16.0 Å². The van der Waals surface area contributed by atoms with Gasteiger partial charge in [0.05, 0.1) is 0 Å². The highest BCUT2D eigenvalue weighted by Gasteiger charge is 2.27. The molecule has 1 fully saturated rings. The first-order valence-electron chi connectivity index (χ1n) is 10.8. The van der Waals surface area contributed by atoms with Crippen molar-refractivity contribution in [3.05, 3.63) is 64.7 Å². The van der Waals surface area contributed by atoms with E-state index in [0.717, 1.165) is 11.1 Å². The standard InChI is InChI=1S/C24H29ClN4O3/c1-16-5-3-4-6-18(16)15-22(26-17(2)30)23(31)27-21-11-13-29(14-12-21)24(32)28-20-9-7-19(25)8-10-20/h3-10,21-22H,11-15H2,1-2H3,(H,26,30)(H,27,31)(H,28,32)/t22-/m0/s1. The van der Waals surface area contributed by atoms with Crippen LogP contribution in [0.2, 0.25) is 5.02 Å². The summed E-state index contributed by atoms with van der Waals surface area (Å²) in [7, 11) is 0. The lowest BCUT2D eigenvalue weighted by Gasteiger charge is -2.33. The van der Waals surface area contributed by atoms with Gasteiger partial charge >= 0.3 is 6.03 Å². The molecule has 170 valence electrons. The molecule has 1 saturated heterocycles. The van der Waals surface area contributed by atoms with Crippen molar-refractivity contribution >= 4 is 35.1 Å². The van der Waals surface area contributed by atoms with Gasteiger partial charge in [0.2, 0.25) is 11.8 Å². The second-order valence-corrected chi connectivity index (χ2v) is 8.53. The van der Waals surface area contributed by atoms with E-state index in [9.17, 15) is 14.4 Å². The Bertz CT molecular complexity index is 956. The van der Waals surface area contributed by atoms with Gasteiger partial charge in [0.25, 0.3) is 0 Å². The molecule has 2 aromatic carbocycles. The molecule has 1 aliphatic rings. The van der Waals surface area contributed by atoms with Crippen LogP contribution < -0.4 is 16.0 Å². The van der Waals surface area contributed by atoms with Gasteiger partial charge < -0.3 is 20.9 Å². The number of carbonyl (C=O) groups excluding carboxylic acids is 3. The first kappa shape index (κ1) is 23.6. The molecule has 2 aromatic rings. The third-order valence-electron chi connectivity index (χ3n) is 5.60.